The third kappa shape index (κ3) is 4.01. The minimum Gasteiger partial charge on any atom is -0.305 e. The van der Waals surface area contributed by atoms with Crippen LogP contribution in [0.15, 0.2) is 42.5 Å². The first-order chi connectivity index (χ1) is 12.3. The van der Waals surface area contributed by atoms with Crippen LogP contribution in [0.1, 0.15) is 21.6 Å². The fourth-order valence-electron chi connectivity index (χ4n) is 2.42. The van der Waals surface area contributed by atoms with Crippen LogP contribution < -0.4 is 5.32 Å². The van der Waals surface area contributed by atoms with E-state index in [9.17, 15) is 9.18 Å². The fraction of sp³-hybridized carbons (Fsp3) is 0.111. The zero-order chi connectivity index (χ0) is 18.8. The molecule has 1 N–H and O–H groups in total. The molecule has 3 rings (SSSR count). The molecule has 0 saturated carbocycles. The molecular formula is C18H13Cl3FN3O. The summed E-state index contributed by atoms with van der Waals surface area (Å²) in [6, 6.07) is 10.8. The van der Waals surface area contributed by atoms with Gasteiger partial charge in [0.15, 0.2) is 5.82 Å². The third-order valence-electron chi connectivity index (χ3n) is 3.77. The molecule has 2 aromatic carbocycles. The van der Waals surface area contributed by atoms with Gasteiger partial charge in [-0.1, -0.05) is 40.9 Å². The Kier molecular flexibility index (Phi) is 5.51. The zero-order valence-corrected chi connectivity index (χ0v) is 15.8. The minimum atomic E-state index is -0.416. The zero-order valence-electron chi connectivity index (χ0n) is 13.6. The lowest BCUT2D eigenvalue weighted by Gasteiger charge is -2.08. The van der Waals surface area contributed by atoms with Crippen molar-refractivity contribution in [3.05, 3.63) is 80.2 Å². The molecular weight excluding hydrogens is 400 g/mol. The lowest BCUT2D eigenvalue weighted by molar-refractivity contribution is 0.102. The van der Waals surface area contributed by atoms with Crippen molar-refractivity contribution >= 4 is 46.5 Å². The highest BCUT2D eigenvalue weighted by Gasteiger charge is 2.15. The number of aryl methyl sites for hydroxylation is 1. The number of nitrogens with zero attached hydrogens (tertiary/aromatic N) is 2. The maximum absolute atomic E-state index is 14.0. The van der Waals surface area contributed by atoms with Crippen LogP contribution in [0.5, 0.6) is 0 Å². The van der Waals surface area contributed by atoms with Gasteiger partial charge in [-0.3, -0.25) is 9.48 Å². The normalized spacial score (nSPS) is 10.8. The van der Waals surface area contributed by atoms with Gasteiger partial charge in [0.05, 0.1) is 17.1 Å². The Morgan fingerprint density at radius 3 is 2.62 bits per heavy atom. The number of anilines is 1. The van der Waals surface area contributed by atoms with Crippen molar-refractivity contribution in [3.8, 4) is 0 Å². The predicted octanol–water partition coefficient (Wildman–Crippen LogP) is 5.59. The van der Waals surface area contributed by atoms with Crippen LogP contribution in [-0.4, -0.2) is 15.7 Å². The van der Waals surface area contributed by atoms with Gasteiger partial charge in [0.25, 0.3) is 5.91 Å². The van der Waals surface area contributed by atoms with E-state index in [1.165, 1.54) is 18.2 Å². The second-order valence-corrected chi connectivity index (χ2v) is 6.86. The molecule has 0 unspecified atom stereocenters. The molecule has 0 fully saturated rings. The Balaban J connectivity index is 1.81. The van der Waals surface area contributed by atoms with E-state index in [1.54, 1.807) is 35.9 Å². The molecule has 1 heterocycles. The lowest BCUT2D eigenvalue weighted by Crippen LogP contribution is -2.13. The van der Waals surface area contributed by atoms with Gasteiger partial charge in [0.1, 0.15) is 5.82 Å². The number of nitrogens with one attached hydrogen (secondary N) is 1. The van der Waals surface area contributed by atoms with Crippen LogP contribution >= 0.6 is 34.8 Å². The van der Waals surface area contributed by atoms with Gasteiger partial charge < -0.3 is 5.32 Å². The van der Waals surface area contributed by atoms with Gasteiger partial charge in [-0.05, 0) is 37.3 Å². The second kappa shape index (κ2) is 7.66. The monoisotopic (exact) mass is 411 g/mol. The number of rotatable bonds is 4. The molecule has 134 valence electrons. The number of halogens is 4. The Morgan fingerprint density at radius 1 is 1.15 bits per heavy atom. The van der Waals surface area contributed by atoms with Crippen LogP contribution in [0.3, 0.4) is 0 Å². The van der Waals surface area contributed by atoms with Crippen LogP contribution in [-0.2, 0) is 6.54 Å². The third-order valence-corrected chi connectivity index (χ3v) is 4.67. The standard InChI is InChI=1S/C18H13Cl3FN3O/c1-10-7-17(23-18(26)12-6-5-11(19)8-15(12)21)24-25(10)9-13-14(20)3-2-4-16(13)22/h2-8H,9H2,1H3,(H,23,24,26). The Bertz CT molecular complexity index is 968. The highest BCUT2D eigenvalue weighted by molar-refractivity contribution is 6.37. The Morgan fingerprint density at radius 2 is 1.92 bits per heavy atom. The topological polar surface area (TPSA) is 46.9 Å². The summed E-state index contributed by atoms with van der Waals surface area (Å²) < 4.78 is 15.5. The van der Waals surface area contributed by atoms with E-state index in [4.69, 9.17) is 34.8 Å². The van der Waals surface area contributed by atoms with Crippen molar-refractivity contribution in [2.45, 2.75) is 13.5 Å². The van der Waals surface area contributed by atoms with Gasteiger partial charge in [-0.15, -0.1) is 0 Å². The molecule has 0 radical (unpaired) electrons. The van der Waals surface area contributed by atoms with Gasteiger partial charge in [-0.25, -0.2) is 4.39 Å². The molecule has 0 bridgehead atoms. The average Bonchev–Trinajstić information content (AvgIpc) is 2.90. The summed E-state index contributed by atoms with van der Waals surface area (Å²) >= 11 is 17.9. The van der Waals surface area contributed by atoms with Gasteiger partial charge in [0, 0.05) is 27.4 Å². The Hall–Kier alpha value is -2.08. The summed E-state index contributed by atoms with van der Waals surface area (Å²) in [5.74, 6) is -0.503. The van der Waals surface area contributed by atoms with Gasteiger partial charge in [0.2, 0.25) is 0 Å². The number of carbonyl (C=O) groups excluding carboxylic acids is 1. The summed E-state index contributed by atoms with van der Waals surface area (Å²) in [4.78, 5) is 12.4. The highest BCUT2D eigenvalue weighted by Crippen LogP contribution is 2.23. The summed E-state index contributed by atoms with van der Waals surface area (Å²) in [5.41, 5.74) is 1.35. The van der Waals surface area contributed by atoms with Crippen molar-refractivity contribution < 1.29 is 9.18 Å². The lowest BCUT2D eigenvalue weighted by atomic mass is 10.2. The molecule has 0 atom stereocenters. The van der Waals surface area contributed by atoms with E-state index in [0.717, 1.165) is 5.69 Å². The van der Waals surface area contributed by atoms with Crippen molar-refractivity contribution in [1.29, 1.82) is 0 Å². The van der Waals surface area contributed by atoms with E-state index in [-0.39, 0.29) is 17.1 Å². The second-order valence-electron chi connectivity index (χ2n) is 5.61. The fourth-order valence-corrected chi connectivity index (χ4v) is 3.14. The number of aromatic nitrogens is 2. The van der Waals surface area contributed by atoms with E-state index in [1.807, 2.05) is 0 Å². The van der Waals surface area contributed by atoms with Crippen LogP contribution in [0.25, 0.3) is 0 Å². The van der Waals surface area contributed by atoms with Crippen molar-refractivity contribution in [3.63, 3.8) is 0 Å². The van der Waals surface area contributed by atoms with Crippen molar-refractivity contribution in [2.75, 3.05) is 5.32 Å². The van der Waals surface area contributed by atoms with Gasteiger partial charge >= 0.3 is 0 Å². The molecule has 0 aliphatic rings. The summed E-state index contributed by atoms with van der Waals surface area (Å²) in [7, 11) is 0. The molecule has 3 aromatic rings. The number of carbonyl (C=O) groups is 1. The molecule has 0 aliphatic carbocycles. The minimum absolute atomic E-state index is 0.148. The smallest absolute Gasteiger partial charge is 0.258 e. The Labute approximate surface area is 164 Å². The maximum atomic E-state index is 14.0. The van der Waals surface area contributed by atoms with E-state index < -0.39 is 11.7 Å². The number of amides is 1. The van der Waals surface area contributed by atoms with E-state index in [0.29, 0.717) is 21.4 Å². The first-order valence-electron chi connectivity index (χ1n) is 7.59. The van der Waals surface area contributed by atoms with Crippen LogP contribution in [0.4, 0.5) is 10.2 Å². The predicted molar refractivity (Wildman–Crippen MR) is 102 cm³/mol. The molecule has 1 amide bonds. The van der Waals surface area contributed by atoms with Crippen LogP contribution in [0.2, 0.25) is 15.1 Å². The number of hydrogen-bond acceptors (Lipinski definition) is 2. The average molecular weight is 413 g/mol. The number of hydrogen-bond donors (Lipinski definition) is 1. The molecule has 26 heavy (non-hydrogen) atoms. The number of benzene rings is 2. The van der Waals surface area contributed by atoms with Crippen molar-refractivity contribution in [2.24, 2.45) is 0 Å². The summed E-state index contributed by atoms with van der Waals surface area (Å²) in [6.07, 6.45) is 0. The molecule has 8 heteroatoms. The SMILES string of the molecule is Cc1cc(NC(=O)c2ccc(Cl)cc2Cl)nn1Cc1c(F)cccc1Cl. The molecule has 0 aliphatic heterocycles. The summed E-state index contributed by atoms with van der Waals surface area (Å²) in [6.45, 7) is 1.95. The highest BCUT2D eigenvalue weighted by atomic mass is 35.5. The first-order valence-corrected chi connectivity index (χ1v) is 8.72. The van der Waals surface area contributed by atoms with Crippen molar-refractivity contribution in [1.82, 2.24) is 9.78 Å². The van der Waals surface area contributed by atoms with E-state index in [2.05, 4.69) is 10.4 Å². The molecule has 1 aromatic heterocycles. The largest absolute Gasteiger partial charge is 0.305 e. The molecule has 4 nitrogen and oxygen atoms in total. The molecule has 0 spiro atoms. The maximum Gasteiger partial charge on any atom is 0.258 e. The van der Waals surface area contributed by atoms with Crippen LogP contribution in [0, 0.1) is 12.7 Å². The quantitative estimate of drug-likeness (QED) is 0.607. The molecule has 0 saturated heterocycles. The first kappa shape index (κ1) is 18.7. The van der Waals surface area contributed by atoms with Gasteiger partial charge in [-0.2, -0.15) is 5.10 Å². The summed E-state index contributed by atoms with van der Waals surface area (Å²) in [5, 5.41) is 7.96. The van der Waals surface area contributed by atoms with E-state index >= 15 is 0 Å².